The van der Waals surface area contributed by atoms with Crippen LogP contribution in [0.1, 0.15) is 16.1 Å². The van der Waals surface area contributed by atoms with Gasteiger partial charge in [0.05, 0.1) is 17.5 Å². The normalized spacial score (nSPS) is 11.0. The zero-order valence-corrected chi connectivity index (χ0v) is 16.0. The summed E-state index contributed by atoms with van der Waals surface area (Å²) in [5.41, 5.74) is 0.820. The standard InChI is InChI=1S/C20H15FN2O2S2/c1-26-15-7-2-5-13(11-15)19(24)23(12-14-6-4-10-25-14)20-22-18-16(21)8-3-9-17(18)27-20/h2-11H,12H2,1H3. The second kappa shape index (κ2) is 7.54. The van der Waals surface area contributed by atoms with Crippen molar-refractivity contribution in [2.75, 3.05) is 11.2 Å². The van der Waals surface area contributed by atoms with E-state index in [1.165, 1.54) is 22.3 Å². The molecule has 0 saturated heterocycles. The van der Waals surface area contributed by atoms with Crippen molar-refractivity contribution in [1.82, 2.24) is 4.98 Å². The Morgan fingerprint density at radius 3 is 2.81 bits per heavy atom. The molecule has 4 aromatic rings. The zero-order chi connectivity index (χ0) is 18.8. The molecule has 0 radical (unpaired) electrons. The van der Waals surface area contributed by atoms with E-state index in [0.29, 0.717) is 21.2 Å². The molecule has 0 aliphatic rings. The fourth-order valence-electron chi connectivity index (χ4n) is 2.72. The van der Waals surface area contributed by atoms with Gasteiger partial charge < -0.3 is 4.42 Å². The Morgan fingerprint density at radius 1 is 1.22 bits per heavy atom. The molecular formula is C20H15FN2O2S2. The minimum absolute atomic E-state index is 0.207. The van der Waals surface area contributed by atoms with E-state index in [4.69, 9.17) is 4.42 Å². The number of furan rings is 1. The van der Waals surface area contributed by atoms with Crippen molar-refractivity contribution in [1.29, 1.82) is 0 Å². The summed E-state index contributed by atoms with van der Waals surface area (Å²) in [5.74, 6) is 0.0237. The predicted octanol–water partition coefficient (Wildman–Crippen LogP) is 5.60. The van der Waals surface area contributed by atoms with E-state index in [2.05, 4.69) is 4.98 Å². The maximum atomic E-state index is 14.1. The van der Waals surface area contributed by atoms with E-state index in [1.807, 2.05) is 24.5 Å². The van der Waals surface area contributed by atoms with Gasteiger partial charge in [0.15, 0.2) is 5.13 Å². The Balaban J connectivity index is 1.77. The van der Waals surface area contributed by atoms with E-state index in [9.17, 15) is 9.18 Å². The highest BCUT2D eigenvalue weighted by atomic mass is 32.2. The second-order valence-electron chi connectivity index (χ2n) is 5.79. The van der Waals surface area contributed by atoms with Crippen LogP contribution in [0.15, 0.2) is 70.2 Å². The Hall–Kier alpha value is -2.64. The largest absolute Gasteiger partial charge is 0.467 e. The number of benzene rings is 2. The van der Waals surface area contributed by atoms with Gasteiger partial charge in [-0.25, -0.2) is 9.37 Å². The number of thioether (sulfide) groups is 1. The number of hydrogen-bond acceptors (Lipinski definition) is 5. The molecule has 27 heavy (non-hydrogen) atoms. The van der Waals surface area contributed by atoms with Gasteiger partial charge in [-0.15, -0.1) is 11.8 Å². The van der Waals surface area contributed by atoms with Crippen LogP contribution in [0.3, 0.4) is 0 Å². The summed E-state index contributed by atoms with van der Waals surface area (Å²) in [7, 11) is 0. The molecule has 0 fully saturated rings. The first-order valence-corrected chi connectivity index (χ1v) is 10.2. The van der Waals surface area contributed by atoms with Gasteiger partial charge in [-0.1, -0.05) is 23.5 Å². The molecule has 0 saturated carbocycles. The molecule has 4 nitrogen and oxygen atoms in total. The van der Waals surface area contributed by atoms with Gasteiger partial charge >= 0.3 is 0 Å². The maximum Gasteiger partial charge on any atom is 0.260 e. The van der Waals surface area contributed by atoms with Crippen LogP contribution in [0.25, 0.3) is 10.2 Å². The molecule has 0 aliphatic heterocycles. The van der Waals surface area contributed by atoms with Crippen LogP contribution in [-0.4, -0.2) is 17.1 Å². The summed E-state index contributed by atoms with van der Waals surface area (Å²) < 4.78 is 20.2. The number of halogens is 1. The Labute approximate surface area is 163 Å². The van der Waals surface area contributed by atoms with Crippen molar-refractivity contribution in [3.05, 3.63) is 78.0 Å². The van der Waals surface area contributed by atoms with Gasteiger partial charge in [0.25, 0.3) is 5.91 Å². The first-order valence-electron chi connectivity index (χ1n) is 8.19. The smallest absolute Gasteiger partial charge is 0.260 e. The van der Waals surface area contributed by atoms with Gasteiger partial charge in [0, 0.05) is 10.5 Å². The van der Waals surface area contributed by atoms with Crippen LogP contribution in [-0.2, 0) is 6.54 Å². The third kappa shape index (κ3) is 3.61. The molecule has 0 unspecified atom stereocenters. The minimum Gasteiger partial charge on any atom is -0.467 e. The molecule has 2 aromatic heterocycles. The molecule has 1 amide bonds. The number of fused-ring (bicyclic) bond motifs is 1. The highest BCUT2D eigenvalue weighted by molar-refractivity contribution is 7.98. The summed E-state index contributed by atoms with van der Waals surface area (Å²) in [6, 6.07) is 15.8. The number of para-hydroxylation sites is 1. The Morgan fingerprint density at radius 2 is 2.07 bits per heavy atom. The van der Waals surface area contributed by atoms with Gasteiger partial charge in [-0.3, -0.25) is 9.69 Å². The van der Waals surface area contributed by atoms with E-state index in [1.54, 1.807) is 48.4 Å². The first-order chi connectivity index (χ1) is 13.2. The first kappa shape index (κ1) is 17.8. The van der Waals surface area contributed by atoms with Crippen LogP contribution in [0.5, 0.6) is 0 Å². The molecule has 4 rings (SSSR count). The quantitative estimate of drug-likeness (QED) is 0.411. The summed E-state index contributed by atoms with van der Waals surface area (Å²) in [4.78, 5) is 20.2. The Bertz CT molecular complexity index is 1090. The molecule has 2 heterocycles. The SMILES string of the molecule is CSc1cccc(C(=O)N(Cc2ccco2)c2nc3c(F)cccc3s2)c1. The van der Waals surface area contributed by atoms with E-state index in [0.717, 1.165) is 4.90 Å². The molecule has 0 atom stereocenters. The van der Waals surface area contributed by atoms with Crippen LogP contribution in [0.2, 0.25) is 0 Å². The number of rotatable bonds is 5. The zero-order valence-electron chi connectivity index (χ0n) is 14.4. The van der Waals surface area contributed by atoms with Crippen LogP contribution in [0.4, 0.5) is 9.52 Å². The Kier molecular flexibility index (Phi) is 4.96. The van der Waals surface area contributed by atoms with E-state index < -0.39 is 5.82 Å². The van der Waals surface area contributed by atoms with Crippen molar-refractivity contribution in [2.24, 2.45) is 0 Å². The number of thiazole rings is 1. The average molecular weight is 398 g/mol. The van der Waals surface area contributed by atoms with Gasteiger partial charge in [0.2, 0.25) is 0 Å². The average Bonchev–Trinajstić information content (AvgIpc) is 3.36. The molecule has 0 spiro atoms. The highest BCUT2D eigenvalue weighted by Crippen LogP contribution is 2.32. The summed E-state index contributed by atoms with van der Waals surface area (Å²) in [6.07, 6.45) is 3.52. The fourth-order valence-corrected chi connectivity index (χ4v) is 4.15. The van der Waals surface area contributed by atoms with Gasteiger partial charge in [-0.05, 0) is 48.7 Å². The van der Waals surface area contributed by atoms with Gasteiger partial charge in [0.1, 0.15) is 17.1 Å². The molecule has 7 heteroatoms. The third-order valence-corrected chi connectivity index (χ3v) is 5.81. The number of carbonyl (C=O) groups is 1. The molecule has 136 valence electrons. The predicted molar refractivity (Wildman–Crippen MR) is 107 cm³/mol. The number of anilines is 1. The van der Waals surface area contributed by atoms with Crippen LogP contribution >= 0.6 is 23.1 Å². The highest BCUT2D eigenvalue weighted by Gasteiger charge is 2.23. The van der Waals surface area contributed by atoms with E-state index in [-0.39, 0.29) is 18.0 Å². The summed E-state index contributed by atoms with van der Waals surface area (Å²) in [5, 5.41) is 0.436. The monoisotopic (exact) mass is 398 g/mol. The second-order valence-corrected chi connectivity index (χ2v) is 7.67. The topological polar surface area (TPSA) is 46.3 Å². The lowest BCUT2D eigenvalue weighted by Crippen LogP contribution is -2.30. The number of aromatic nitrogens is 1. The number of nitrogens with zero attached hydrogens (tertiary/aromatic N) is 2. The van der Waals surface area contributed by atoms with Crippen molar-refractivity contribution < 1.29 is 13.6 Å². The lowest BCUT2D eigenvalue weighted by Gasteiger charge is -2.19. The minimum atomic E-state index is -0.398. The van der Waals surface area contributed by atoms with Crippen molar-refractivity contribution in [3.63, 3.8) is 0 Å². The molecule has 0 bridgehead atoms. The van der Waals surface area contributed by atoms with Crippen LogP contribution < -0.4 is 4.90 Å². The number of hydrogen-bond donors (Lipinski definition) is 0. The molecule has 0 aliphatic carbocycles. The van der Waals surface area contributed by atoms with Gasteiger partial charge in [-0.2, -0.15) is 0 Å². The molecule has 0 N–H and O–H groups in total. The van der Waals surface area contributed by atoms with Crippen molar-refractivity contribution in [2.45, 2.75) is 11.4 Å². The van der Waals surface area contributed by atoms with Crippen LogP contribution in [0, 0.1) is 5.82 Å². The molecular weight excluding hydrogens is 383 g/mol. The van der Waals surface area contributed by atoms with Crippen molar-refractivity contribution in [3.8, 4) is 0 Å². The number of amides is 1. The lowest BCUT2D eigenvalue weighted by molar-refractivity contribution is 0.0983. The maximum absolute atomic E-state index is 14.1. The fraction of sp³-hybridized carbons (Fsp3) is 0.100. The van der Waals surface area contributed by atoms with Crippen molar-refractivity contribution >= 4 is 44.4 Å². The molecule has 2 aromatic carbocycles. The third-order valence-electron chi connectivity index (χ3n) is 4.05. The lowest BCUT2D eigenvalue weighted by atomic mass is 10.2. The number of carbonyl (C=O) groups excluding carboxylic acids is 1. The van der Waals surface area contributed by atoms with E-state index >= 15 is 0 Å². The summed E-state index contributed by atoms with van der Waals surface area (Å²) >= 11 is 2.85. The summed E-state index contributed by atoms with van der Waals surface area (Å²) in [6.45, 7) is 0.219.